The van der Waals surface area contributed by atoms with Crippen molar-refractivity contribution in [2.24, 2.45) is 5.92 Å². The predicted molar refractivity (Wildman–Crippen MR) is 131 cm³/mol. The molecule has 0 aromatic rings. The van der Waals surface area contributed by atoms with Crippen molar-refractivity contribution in [3.8, 4) is 0 Å². The zero-order chi connectivity index (χ0) is 26.0. The zero-order valence-corrected chi connectivity index (χ0v) is 22.3. The van der Waals surface area contributed by atoms with Crippen LogP contribution in [0.3, 0.4) is 0 Å². The van der Waals surface area contributed by atoms with Gasteiger partial charge in [-0.25, -0.2) is 4.79 Å². The molecule has 0 spiro atoms. The summed E-state index contributed by atoms with van der Waals surface area (Å²) >= 11 is 0. The molecule has 9 nitrogen and oxygen atoms in total. The summed E-state index contributed by atoms with van der Waals surface area (Å²) in [5.74, 6) is -0.0308. The summed E-state index contributed by atoms with van der Waals surface area (Å²) in [5.41, 5.74) is -0.657. The molecule has 33 heavy (non-hydrogen) atoms. The normalized spacial score (nSPS) is 13.0. The van der Waals surface area contributed by atoms with E-state index in [1.807, 2.05) is 34.6 Å². The smallest absolute Gasteiger partial charge is 0.408 e. The minimum atomic E-state index is -1.00. The third-order valence-corrected chi connectivity index (χ3v) is 4.72. The van der Waals surface area contributed by atoms with Crippen molar-refractivity contribution in [1.29, 1.82) is 0 Å². The van der Waals surface area contributed by atoms with Crippen molar-refractivity contribution in [3.63, 3.8) is 0 Å². The Kier molecular flexibility index (Phi) is 18.7. The van der Waals surface area contributed by atoms with E-state index >= 15 is 0 Å². The maximum atomic E-state index is 12.7. The van der Waals surface area contributed by atoms with E-state index in [0.29, 0.717) is 6.41 Å². The molecule has 0 aliphatic carbocycles. The van der Waals surface area contributed by atoms with E-state index in [2.05, 4.69) is 17.6 Å². The van der Waals surface area contributed by atoms with E-state index in [1.54, 1.807) is 25.7 Å². The van der Waals surface area contributed by atoms with Crippen LogP contribution in [0.25, 0.3) is 0 Å². The summed E-state index contributed by atoms with van der Waals surface area (Å²) in [6.07, 6.45) is 3.21. The monoisotopic (exact) mass is 475 g/mol. The lowest BCUT2D eigenvalue weighted by Gasteiger charge is -2.37. The van der Waals surface area contributed by atoms with Crippen LogP contribution >= 0.6 is 0 Å². The second-order valence-corrected chi connectivity index (χ2v) is 9.60. The van der Waals surface area contributed by atoms with Gasteiger partial charge < -0.3 is 30.1 Å². The Bertz CT molecular complexity index is 535. The zero-order valence-electron chi connectivity index (χ0n) is 22.3. The van der Waals surface area contributed by atoms with Gasteiger partial charge in [-0.05, 0) is 60.3 Å². The highest BCUT2D eigenvalue weighted by atomic mass is 16.6. The number of alkyl carbamates (subject to hydrolysis) is 1. The number of hydrogen-bond acceptors (Lipinski definition) is 6. The Morgan fingerprint density at radius 1 is 1.06 bits per heavy atom. The van der Waals surface area contributed by atoms with Crippen LogP contribution in [0.15, 0.2) is 0 Å². The highest BCUT2D eigenvalue weighted by Crippen LogP contribution is 2.16. The van der Waals surface area contributed by atoms with Gasteiger partial charge in [0.2, 0.25) is 12.3 Å². The number of ether oxygens (including phenoxy) is 2. The van der Waals surface area contributed by atoms with Gasteiger partial charge >= 0.3 is 6.09 Å². The molecule has 2 unspecified atom stereocenters. The molecule has 0 saturated carbocycles. The van der Waals surface area contributed by atoms with Crippen LogP contribution in [0.2, 0.25) is 0 Å². The van der Waals surface area contributed by atoms with Crippen molar-refractivity contribution in [2.45, 2.75) is 105 Å². The topological polar surface area (TPSA) is 117 Å². The molecular weight excluding hydrogens is 426 g/mol. The van der Waals surface area contributed by atoms with Gasteiger partial charge in [-0.3, -0.25) is 9.59 Å². The molecule has 0 bridgehead atoms. The summed E-state index contributed by atoms with van der Waals surface area (Å²) in [7, 11) is 0. The van der Waals surface area contributed by atoms with Gasteiger partial charge in [0.15, 0.2) is 0 Å². The summed E-state index contributed by atoms with van der Waals surface area (Å²) < 4.78 is 10.4. The average molecular weight is 476 g/mol. The van der Waals surface area contributed by atoms with Crippen LogP contribution in [-0.2, 0) is 19.1 Å². The van der Waals surface area contributed by atoms with Crippen molar-refractivity contribution in [3.05, 3.63) is 0 Å². The van der Waals surface area contributed by atoms with Gasteiger partial charge in [0, 0.05) is 31.8 Å². The summed E-state index contributed by atoms with van der Waals surface area (Å²) in [5, 5.41) is 14.5. The first-order valence-electron chi connectivity index (χ1n) is 12.0. The number of aliphatic hydroxyl groups is 1. The Morgan fingerprint density at radius 2 is 1.64 bits per heavy atom. The highest BCUT2D eigenvalue weighted by Gasteiger charge is 2.32. The summed E-state index contributed by atoms with van der Waals surface area (Å²) in [6, 6.07) is -1.03. The van der Waals surface area contributed by atoms with Crippen molar-refractivity contribution in [2.75, 3.05) is 26.4 Å². The maximum absolute atomic E-state index is 12.7. The number of nitrogens with one attached hydrogen (secondary N) is 2. The van der Waals surface area contributed by atoms with E-state index in [-0.39, 0.29) is 23.9 Å². The van der Waals surface area contributed by atoms with Crippen LogP contribution in [-0.4, -0.2) is 78.5 Å². The van der Waals surface area contributed by atoms with Gasteiger partial charge in [0.05, 0.1) is 6.61 Å². The van der Waals surface area contributed by atoms with Crippen molar-refractivity contribution < 1.29 is 29.0 Å². The van der Waals surface area contributed by atoms with E-state index in [1.165, 1.54) is 6.42 Å². The van der Waals surface area contributed by atoms with Crippen LogP contribution in [0.5, 0.6) is 0 Å². The maximum Gasteiger partial charge on any atom is 0.408 e. The number of nitrogens with zero attached hydrogens (tertiary/aromatic N) is 1. The molecule has 9 heteroatoms. The molecule has 0 rings (SSSR count). The molecule has 3 N–H and O–H groups in total. The summed E-state index contributed by atoms with van der Waals surface area (Å²) in [4.78, 5) is 36.0. The molecule has 0 heterocycles. The van der Waals surface area contributed by atoms with Gasteiger partial charge in [-0.1, -0.05) is 27.2 Å². The average Bonchev–Trinajstić information content (AvgIpc) is 2.70. The van der Waals surface area contributed by atoms with E-state index in [9.17, 15) is 19.5 Å². The molecule has 2 atom stereocenters. The Morgan fingerprint density at radius 3 is 2.06 bits per heavy atom. The number of rotatable bonds is 14. The first-order valence-corrected chi connectivity index (χ1v) is 12.0. The Labute approximate surface area is 201 Å². The summed E-state index contributed by atoms with van der Waals surface area (Å²) in [6.45, 7) is 19.1. The molecule has 196 valence electrons. The second kappa shape index (κ2) is 18.5. The molecule has 0 aromatic heterocycles. The van der Waals surface area contributed by atoms with Crippen LogP contribution in [0.1, 0.15) is 81.6 Å². The fourth-order valence-corrected chi connectivity index (χ4v) is 2.75. The largest absolute Gasteiger partial charge is 0.444 e. The lowest BCUT2D eigenvalue weighted by molar-refractivity contribution is -0.139. The van der Waals surface area contributed by atoms with Crippen molar-refractivity contribution >= 4 is 18.4 Å². The quantitative estimate of drug-likeness (QED) is 0.263. The van der Waals surface area contributed by atoms with E-state index < -0.39 is 24.3 Å². The number of unbranched alkanes of at least 4 members (excludes halogenated alkanes) is 1. The highest BCUT2D eigenvalue weighted by molar-refractivity contribution is 5.86. The van der Waals surface area contributed by atoms with Crippen LogP contribution < -0.4 is 10.6 Å². The number of amides is 3. The van der Waals surface area contributed by atoms with E-state index in [4.69, 9.17) is 9.47 Å². The van der Waals surface area contributed by atoms with Gasteiger partial charge in [0.25, 0.3) is 0 Å². The molecule has 0 aromatic carbocycles. The molecule has 0 aliphatic rings. The van der Waals surface area contributed by atoms with Crippen LogP contribution in [0, 0.1) is 5.92 Å². The molecule has 0 aliphatic heterocycles. The first-order chi connectivity index (χ1) is 15.3. The lowest BCUT2D eigenvalue weighted by Crippen LogP contribution is -2.56. The van der Waals surface area contributed by atoms with Gasteiger partial charge in [-0.2, -0.15) is 0 Å². The number of carbonyl (C=O) groups excluding carboxylic acids is 3. The third-order valence-electron chi connectivity index (χ3n) is 4.72. The third kappa shape index (κ3) is 17.3. The first kappa shape index (κ1) is 33.3. The van der Waals surface area contributed by atoms with Gasteiger partial charge in [0.1, 0.15) is 11.6 Å². The Balaban J connectivity index is 0. The second-order valence-electron chi connectivity index (χ2n) is 9.60. The molecular formula is C24H49N3O6. The molecule has 3 amide bonds. The minimum Gasteiger partial charge on any atom is -0.444 e. The SMILES string of the molecule is CC(C)C(C)N(C(=O)C(CO)NC(=O)OC(C)(C)C)C(C)C.CCCCOCCCNC=O. The molecule has 0 fully saturated rings. The molecule has 0 saturated heterocycles. The standard InChI is InChI=1S/C16H32N2O4.C8H17NO2/c1-10(2)12(5)18(11(3)4)14(20)13(9-19)17-15(21)22-16(6,7)8;1-2-3-6-11-7-4-5-9-8-10/h10-13,19H,9H2,1-8H3,(H,17,21);8H,2-7H2,1H3,(H,9,10). The lowest BCUT2D eigenvalue weighted by atomic mass is 10.0. The van der Waals surface area contributed by atoms with E-state index in [0.717, 1.165) is 32.6 Å². The minimum absolute atomic E-state index is 0.00184. The van der Waals surface area contributed by atoms with Crippen LogP contribution in [0.4, 0.5) is 4.79 Å². The number of carbonyl (C=O) groups is 3. The van der Waals surface area contributed by atoms with Crippen molar-refractivity contribution in [1.82, 2.24) is 15.5 Å². The Hall–Kier alpha value is -1.87. The number of aliphatic hydroxyl groups excluding tert-OH is 1. The fourth-order valence-electron chi connectivity index (χ4n) is 2.75. The number of hydrogen-bond donors (Lipinski definition) is 3. The predicted octanol–water partition coefficient (Wildman–Crippen LogP) is 3.09. The van der Waals surface area contributed by atoms with Gasteiger partial charge in [-0.15, -0.1) is 0 Å². The molecule has 0 radical (unpaired) electrons. The fraction of sp³-hybridized carbons (Fsp3) is 0.875.